The largest absolute Gasteiger partial charge is 0.332 e. The van der Waals surface area contributed by atoms with Crippen LogP contribution in [0.15, 0.2) is 0 Å². The van der Waals surface area contributed by atoms with Gasteiger partial charge >= 0.3 is 6.03 Å². The van der Waals surface area contributed by atoms with Gasteiger partial charge in [0.1, 0.15) is 13.6 Å². The molecule has 0 unspecified atom stereocenters. The maximum atomic E-state index is 11.5. The van der Waals surface area contributed by atoms with Gasteiger partial charge in [0.25, 0.3) is 0 Å². The molecule has 4 heteroatoms. The van der Waals surface area contributed by atoms with Gasteiger partial charge in [-0.3, -0.25) is 0 Å². The van der Waals surface area contributed by atoms with E-state index in [0.717, 1.165) is 12.8 Å². The Kier molecular flexibility index (Phi) is 2.75. The molecule has 0 aromatic heterocycles. The lowest BCUT2D eigenvalue weighted by Crippen LogP contribution is -2.50. The predicted octanol–water partition coefficient (Wildman–Crippen LogP) is 1.86. The van der Waals surface area contributed by atoms with Crippen LogP contribution < -0.4 is 10.6 Å². The van der Waals surface area contributed by atoms with Crippen molar-refractivity contribution in [2.24, 2.45) is 0 Å². The summed E-state index contributed by atoms with van der Waals surface area (Å²) in [6, 6.07) is 0.175. The van der Waals surface area contributed by atoms with Crippen molar-refractivity contribution in [2.75, 3.05) is 0 Å². The molecular weight excluding hydrogens is 216 g/mol. The minimum Gasteiger partial charge on any atom is -0.332 e. The van der Waals surface area contributed by atoms with Gasteiger partial charge in [-0.15, -0.1) is 5.54 Å². The second-order valence-corrected chi connectivity index (χ2v) is 10.6. The van der Waals surface area contributed by atoms with Crippen LogP contribution in [0.2, 0.25) is 19.6 Å². The molecule has 0 radical (unpaired) electrons. The van der Waals surface area contributed by atoms with Crippen LogP contribution in [-0.4, -0.2) is 25.7 Å². The Balaban J connectivity index is 2.25. The van der Waals surface area contributed by atoms with Crippen LogP contribution in [0.25, 0.3) is 0 Å². The number of hydrogen-bond donors (Lipinski definition) is 2. The molecule has 1 aliphatic heterocycles. The van der Waals surface area contributed by atoms with Crippen molar-refractivity contribution in [3.05, 3.63) is 0 Å². The lowest BCUT2D eigenvalue weighted by molar-refractivity contribution is 0.246. The van der Waals surface area contributed by atoms with Gasteiger partial charge in [0, 0.05) is 0 Å². The summed E-state index contributed by atoms with van der Waals surface area (Å²) in [6.45, 7) is 6.70. The monoisotopic (exact) mass is 236 g/mol. The van der Waals surface area contributed by atoms with E-state index in [0.29, 0.717) is 0 Å². The molecule has 2 N–H and O–H groups in total. The molecule has 16 heavy (non-hydrogen) atoms. The lowest BCUT2D eigenvalue weighted by Gasteiger charge is -2.33. The van der Waals surface area contributed by atoms with Crippen molar-refractivity contribution in [3.63, 3.8) is 0 Å². The van der Waals surface area contributed by atoms with E-state index >= 15 is 0 Å². The fourth-order valence-electron chi connectivity index (χ4n) is 2.39. The molecule has 2 fully saturated rings. The van der Waals surface area contributed by atoms with Gasteiger partial charge in [0.05, 0.1) is 6.04 Å². The first-order valence-electron chi connectivity index (χ1n) is 6.04. The van der Waals surface area contributed by atoms with Gasteiger partial charge < -0.3 is 10.6 Å². The van der Waals surface area contributed by atoms with Crippen LogP contribution >= 0.6 is 0 Å². The number of carbonyl (C=O) groups excluding carboxylic acids is 1. The Hall–Kier alpha value is -0.953. The smallest absolute Gasteiger partial charge is 0.316 e. The standard InChI is InChI=1S/C12H20N2OSi/c1-16(2,3)9-8-12-7-5-4-6-10(12)13-11(15)14-12/h10H,4-7H2,1-3H3,(H2,13,14,15)/t10-,12-/m1/s1. The summed E-state index contributed by atoms with van der Waals surface area (Å²) < 4.78 is 0. The summed E-state index contributed by atoms with van der Waals surface area (Å²) in [6.07, 6.45) is 4.41. The van der Waals surface area contributed by atoms with E-state index in [4.69, 9.17) is 0 Å². The zero-order valence-electron chi connectivity index (χ0n) is 10.3. The topological polar surface area (TPSA) is 41.1 Å². The highest BCUT2D eigenvalue weighted by molar-refractivity contribution is 6.83. The van der Waals surface area contributed by atoms with Crippen molar-refractivity contribution in [2.45, 2.75) is 56.9 Å². The van der Waals surface area contributed by atoms with Gasteiger partial charge in [0.2, 0.25) is 0 Å². The van der Waals surface area contributed by atoms with Gasteiger partial charge in [0.15, 0.2) is 0 Å². The molecule has 3 nitrogen and oxygen atoms in total. The van der Waals surface area contributed by atoms with Crippen molar-refractivity contribution in [1.82, 2.24) is 10.6 Å². The fraction of sp³-hybridized carbons (Fsp3) is 0.750. The molecule has 1 saturated heterocycles. The molecule has 1 heterocycles. The Labute approximate surface area is 98.4 Å². The van der Waals surface area contributed by atoms with E-state index in [9.17, 15) is 4.79 Å². The first-order chi connectivity index (χ1) is 7.41. The second-order valence-electron chi connectivity index (χ2n) is 5.87. The van der Waals surface area contributed by atoms with Crippen molar-refractivity contribution in [3.8, 4) is 11.5 Å². The first-order valence-corrected chi connectivity index (χ1v) is 9.54. The Morgan fingerprint density at radius 2 is 2.12 bits per heavy atom. The minimum atomic E-state index is -1.37. The molecule has 88 valence electrons. The maximum Gasteiger partial charge on any atom is 0.316 e. The Morgan fingerprint density at radius 1 is 1.38 bits per heavy atom. The predicted molar refractivity (Wildman–Crippen MR) is 67.8 cm³/mol. The number of hydrogen-bond acceptors (Lipinski definition) is 1. The number of rotatable bonds is 0. The average Bonchev–Trinajstić information content (AvgIpc) is 2.50. The van der Waals surface area contributed by atoms with Gasteiger partial charge in [-0.05, 0) is 19.3 Å². The van der Waals surface area contributed by atoms with E-state index in [1.165, 1.54) is 12.8 Å². The number of carbonyl (C=O) groups is 1. The van der Waals surface area contributed by atoms with Crippen LogP contribution in [0.3, 0.4) is 0 Å². The van der Waals surface area contributed by atoms with Crippen molar-refractivity contribution < 1.29 is 4.79 Å². The highest BCUT2D eigenvalue weighted by Crippen LogP contribution is 2.31. The van der Waals surface area contributed by atoms with E-state index in [2.05, 4.69) is 41.7 Å². The minimum absolute atomic E-state index is 0.0447. The van der Waals surface area contributed by atoms with Crippen LogP contribution in [-0.2, 0) is 0 Å². The highest BCUT2D eigenvalue weighted by Gasteiger charge is 2.46. The summed E-state index contributed by atoms with van der Waals surface area (Å²) >= 11 is 0. The molecule has 0 aromatic rings. The second kappa shape index (κ2) is 3.81. The third kappa shape index (κ3) is 2.24. The zero-order chi connectivity index (χ0) is 11.8. The van der Waals surface area contributed by atoms with E-state index in [1.807, 2.05) is 0 Å². The lowest BCUT2D eigenvalue weighted by atomic mass is 9.79. The SMILES string of the molecule is C[Si](C)(C)C#C[C@]12CCCC[C@H]1NC(=O)N2. The quantitative estimate of drug-likeness (QED) is 0.489. The fourth-order valence-corrected chi connectivity index (χ4v) is 2.99. The molecule has 1 aliphatic carbocycles. The summed E-state index contributed by atoms with van der Waals surface area (Å²) in [5, 5.41) is 6.04. The number of urea groups is 1. The molecule has 2 amide bonds. The normalized spacial score (nSPS) is 33.2. The summed E-state index contributed by atoms with van der Waals surface area (Å²) in [5.41, 5.74) is 3.14. The molecule has 2 aliphatic rings. The Bertz CT molecular complexity index is 363. The third-order valence-electron chi connectivity index (χ3n) is 3.21. The highest BCUT2D eigenvalue weighted by atomic mass is 28.3. The first kappa shape index (κ1) is 11.5. The van der Waals surface area contributed by atoms with Crippen LogP contribution in [0, 0.1) is 11.5 Å². The zero-order valence-corrected chi connectivity index (χ0v) is 11.3. The van der Waals surface area contributed by atoms with Crippen molar-refractivity contribution >= 4 is 14.1 Å². The molecule has 0 spiro atoms. The molecule has 0 aromatic carbocycles. The summed E-state index contributed by atoms with van der Waals surface area (Å²) in [5.74, 6) is 3.38. The van der Waals surface area contributed by atoms with Crippen LogP contribution in [0.1, 0.15) is 25.7 Å². The molecule has 0 bridgehead atoms. The Morgan fingerprint density at radius 3 is 2.81 bits per heavy atom. The van der Waals surface area contributed by atoms with Crippen molar-refractivity contribution in [1.29, 1.82) is 0 Å². The average molecular weight is 236 g/mol. The van der Waals surface area contributed by atoms with E-state index < -0.39 is 8.07 Å². The van der Waals surface area contributed by atoms with Gasteiger partial charge in [-0.25, -0.2) is 4.79 Å². The van der Waals surface area contributed by atoms with Crippen LogP contribution in [0.5, 0.6) is 0 Å². The number of amides is 2. The molecule has 1 saturated carbocycles. The third-order valence-corrected chi connectivity index (χ3v) is 4.09. The van der Waals surface area contributed by atoms with Crippen LogP contribution in [0.4, 0.5) is 4.79 Å². The van der Waals surface area contributed by atoms with Gasteiger partial charge in [-0.1, -0.05) is 32.0 Å². The number of nitrogens with one attached hydrogen (secondary N) is 2. The van der Waals surface area contributed by atoms with E-state index in [1.54, 1.807) is 0 Å². The summed E-state index contributed by atoms with van der Waals surface area (Å²) in [7, 11) is -1.37. The van der Waals surface area contributed by atoms with E-state index in [-0.39, 0.29) is 17.6 Å². The molecule has 2 rings (SSSR count). The number of fused-ring (bicyclic) bond motifs is 1. The molecule has 2 atom stereocenters. The molecular formula is C12H20N2OSi. The maximum absolute atomic E-state index is 11.5. The summed E-state index contributed by atoms with van der Waals surface area (Å²) in [4.78, 5) is 11.5. The van der Waals surface area contributed by atoms with Gasteiger partial charge in [-0.2, -0.15) is 0 Å².